The Hall–Kier alpha value is -1.40. The highest BCUT2D eigenvalue weighted by atomic mass is 35.5. The van der Waals surface area contributed by atoms with Gasteiger partial charge in [0.2, 0.25) is 0 Å². The minimum absolute atomic E-state index is 0.143. The Morgan fingerprint density at radius 3 is 2.85 bits per heavy atom. The first-order valence-electron chi connectivity index (χ1n) is 3.48. The first kappa shape index (κ1) is 9.69. The molecule has 0 bridgehead atoms. The average Bonchev–Trinajstić information content (AvgIpc) is 2.17. The standard InChI is InChI=1S/C9H5ClFNO/c10-4-9(13)6-1-2-8(11)7(3-6)5-12/h1-3H,4H2. The van der Waals surface area contributed by atoms with Gasteiger partial charge in [-0.3, -0.25) is 4.79 Å². The van der Waals surface area contributed by atoms with Gasteiger partial charge in [0.15, 0.2) is 5.78 Å². The maximum absolute atomic E-state index is 12.8. The van der Waals surface area contributed by atoms with Crippen LogP contribution < -0.4 is 0 Å². The van der Waals surface area contributed by atoms with E-state index in [-0.39, 0.29) is 22.8 Å². The summed E-state index contributed by atoms with van der Waals surface area (Å²) < 4.78 is 12.8. The van der Waals surface area contributed by atoms with Crippen LogP contribution in [0.4, 0.5) is 4.39 Å². The summed E-state index contributed by atoms with van der Waals surface area (Å²) in [6, 6.07) is 5.23. The molecule has 0 heterocycles. The lowest BCUT2D eigenvalue weighted by atomic mass is 10.1. The van der Waals surface area contributed by atoms with Crippen LogP contribution in [-0.2, 0) is 0 Å². The van der Waals surface area contributed by atoms with E-state index in [0.29, 0.717) is 0 Å². The zero-order valence-corrected chi connectivity index (χ0v) is 7.31. The average molecular weight is 198 g/mol. The van der Waals surface area contributed by atoms with E-state index in [9.17, 15) is 9.18 Å². The van der Waals surface area contributed by atoms with Crippen molar-refractivity contribution in [1.82, 2.24) is 0 Å². The molecule has 0 radical (unpaired) electrons. The summed E-state index contributed by atoms with van der Waals surface area (Å²) in [5, 5.41) is 8.46. The van der Waals surface area contributed by atoms with E-state index in [1.807, 2.05) is 0 Å². The van der Waals surface area contributed by atoms with E-state index in [2.05, 4.69) is 0 Å². The van der Waals surface area contributed by atoms with Gasteiger partial charge in [-0.2, -0.15) is 5.26 Å². The zero-order chi connectivity index (χ0) is 9.84. The first-order chi connectivity index (χ1) is 6.19. The molecule has 1 rings (SSSR count). The van der Waals surface area contributed by atoms with Gasteiger partial charge in [-0.15, -0.1) is 11.6 Å². The van der Waals surface area contributed by atoms with Gasteiger partial charge in [0.05, 0.1) is 11.4 Å². The lowest BCUT2D eigenvalue weighted by Gasteiger charge is -1.97. The van der Waals surface area contributed by atoms with Crippen molar-refractivity contribution in [3.8, 4) is 6.07 Å². The van der Waals surface area contributed by atoms with Crippen molar-refractivity contribution in [2.24, 2.45) is 0 Å². The zero-order valence-electron chi connectivity index (χ0n) is 6.55. The Labute approximate surface area is 79.5 Å². The number of benzene rings is 1. The Balaban J connectivity index is 3.15. The third-order valence-electron chi connectivity index (χ3n) is 1.53. The number of Topliss-reactive ketones (excluding diaryl/α,β-unsaturated/α-hetero) is 1. The number of nitrogens with zero attached hydrogens (tertiary/aromatic N) is 1. The van der Waals surface area contributed by atoms with E-state index in [4.69, 9.17) is 16.9 Å². The number of hydrogen-bond donors (Lipinski definition) is 0. The molecule has 0 unspecified atom stereocenters. The highest BCUT2D eigenvalue weighted by Crippen LogP contribution is 2.10. The van der Waals surface area contributed by atoms with Crippen LogP contribution in [0.15, 0.2) is 18.2 Å². The molecule has 0 amide bonds. The van der Waals surface area contributed by atoms with E-state index < -0.39 is 5.82 Å². The van der Waals surface area contributed by atoms with Crippen molar-refractivity contribution in [3.05, 3.63) is 35.1 Å². The molecule has 0 spiro atoms. The van der Waals surface area contributed by atoms with Crippen molar-refractivity contribution < 1.29 is 9.18 Å². The van der Waals surface area contributed by atoms with Crippen LogP contribution >= 0.6 is 11.6 Å². The van der Waals surface area contributed by atoms with Gasteiger partial charge in [0.25, 0.3) is 0 Å². The lowest BCUT2D eigenvalue weighted by Crippen LogP contribution is -2.01. The summed E-state index contributed by atoms with van der Waals surface area (Å²) in [7, 11) is 0. The van der Waals surface area contributed by atoms with Gasteiger partial charge in [0, 0.05) is 5.56 Å². The summed E-state index contributed by atoms with van der Waals surface area (Å²) in [5.74, 6) is -1.12. The number of carbonyl (C=O) groups is 1. The largest absolute Gasteiger partial charge is 0.293 e. The fourth-order valence-corrected chi connectivity index (χ4v) is 1.02. The Kier molecular flexibility index (Phi) is 2.99. The Morgan fingerprint density at radius 1 is 1.62 bits per heavy atom. The maximum atomic E-state index is 12.8. The molecule has 0 fully saturated rings. The smallest absolute Gasteiger partial charge is 0.177 e. The van der Waals surface area contributed by atoms with Crippen LogP contribution in [0.1, 0.15) is 15.9 Å². The molecule has 0 saturated carbocycles. The molecule has 66 valence electrons. The van der Waals surface area contributed by atoms with Crippen molar-refractivity contribution in [2.75, 3.05) is 5.88 Å². The van der Waals surface area contributed by atoms with E-state index in [0.717, 1.165) is 6.07 Å². The maximum Gasteiger partial charge on any atom is 0.177 e. The summed E-state index contributed by atoms with van der Waals surface area (Å²) in [5.41, 5.74) is 0.115. The minimum Gasteiger partial charge on any atom is -0.293 e. The fourth-order valence-electron chi connectivity index (χ4n) is 0.862. The molecule has 1 aromatic rings. The van der Waals surface area contributed by atoms with Crippen molar-refractivity contribution >= 4 is 17.4 Å². The summed E-state index contributed by atoms with van der Waals surface area (Å²) >= 11 is 5.30. The molecular formula is C9H5ClFNO. The highest BCUT2D eigenvalue weighted by Gasteiger charge is 2.07. The van der Waals surface area contributed by atoms with Gasteiger partial charge < -0.3 is 0 Å². The lowest BCUT2D eigenvalue weighted by molar-refractivity contribution is 0.102. The van der Waals surface area contributed by atoms with Crippen LogP contribution in [0.3, 0.4) is 0 Å². The first-order valence-corrected chi connectivity index (χ1v) is 4.01. The highest BCUT2D eigenvalue weighted by molar-refractivity contribution is 6.30. The molecule has 0 N–H and O–H groups in total. The van der Waals surface area contributed by atoms with Gasteiger partial charge >= 0.3 is 0 Å². The number of hydrogen-bond acceptors (Lipinski definition) is 2. The molecule has 4 heteroatoms. The molecule has 0 aromatic heterocycles. The van der Waals surface area contributed by atoms with Crippen LogP contribution in [0.25, 0.3) is 0 Å². The molecule has 0 aliphatic rings. The Morgan fingerprint density at radius 2 is 2.31 bits per heavy atom. The number of rotatable bonds is 2. The topological polar surface area (TPSA) is 40.9 Å². The number of halogens is 2. The van der Waals surface area contributed by atoms with Gasteiger partial charge in [-0.05, 0) is 18.2 Å². The molecule has 0 aliphatic carbocycles. The minimum atomic E-state index is -0.631. The van der Waals surface area contributed by atoms with E-state index in [1.165, 1.54) is 12.1 Å². The van der Waals surface area contributed by atoms with E-state index >= 15 is 0 Å². The van der Waals surface area contributed by atoms with Crippen molar-refractivity contribution in [3.63, 3.8) is 0 Å². The fraction of sp³-hybridized carbons (Fsp3) is 0.111. The predicted octanol–water partition coefficient (Wildman–Crippen LogP) is 2.12. The van der Waals surface area contributed by atoms with E-state index in [1.54, 1.807) is 6.07 Å². The quantitative estimate of drug-likeness (QED) is 0.538. The molecule has 0 saturated heterocycles. The van der Waals surface area contributed by atoms with Crippen molar-refractivity contribution in [2.45, 2.75) is 0 Å². The molecule has 0 aliphatic heterocycles. The number of alkyl halides is 1. The number of carbonyl (C=O) groups excluding carboxylic acids is 1. The molecular weight excluding hydrogens is 193 g/mol. The van der Waals surface area contributed by atoms with Gasteiger partial charge in [-0.25, -0.2) is 4.39 Å². The van der Waals surface area contributed by atoms with Crippen LogP contribution in [-0.4, -0.2) is 11.7 Å². The third-order valence-corrected chi connectivity index (χ3v) is 1.77. The molecule has 2 nitrogen and oxygen atoms in total. The van der Waals surface area contributed by atoms with Crippen LogP contribution in [0.2, 0.25) is 0 Å². The predicted molar refractivity (Wildman–Crippen MR) is 46.2 cm³/mol. The number of nitriles is 1. The summed E-state index contributed by atoms with van der Waals surface area (Å²) in [6.45, 7) is 0. The molecule has 1 aromatic carbocycles. The van der Waals surface area contributed by atoms with Crippen molar-refractivity contribution in [1.29, 1.82) is 5.26 Å². The van der Waals surface area contributed by atoms with Crippen LogP contribution in [0.5, 0.6) is 0 Å². The monoisotopic (exact) mass is 197 g/mol. The van der Waals surface area contributed by atoms with Crippen LogP contribution in [0, 0.1) is 17.1 Å². The number of ketones is 1. The van der Waals surface area contributed by atoms with Gasteiger partial charge in [-0.1, -0.05) is 0 Å². The Bertz CT molecular complexity index is 384. The second kappa shape index (κ2) is 4.01. The third kappa shape index (κ3) is 2.04. The SMILES string of the molecule is N#Cc1cc(C(=O)CCl)ccc1F. The molecule has 13 heavy (non-hydrogen) atoms. The summed E-state index contributed by atoms with van der Waals surface area (Å²) in [4.78, 5) is 11.0. The molecule has 0 atom stereocenters. The second-order valence-electron chi connectivity index (χ2n) is 2.36. The second-order valence-corrected chi connectivity index (χ2v) is 2.63. The normalized spacial score (nSPS) is 9.31. The van der Waals surface area contributed by atoms with Gasteiger partial charge in [0.1, 0.15) is 11.9 Å². The summed E-state index contributed by atoms with van der Waals surface area (Å²) in [6.07, 6.45) is 0.